The van der Waals surface area contributed by atoms with Crippen molar-refractivity contribution in [3.8, 4) is 0 Å². The van der Waals surface area contributed by atoms with Gasteiger partial charge in [-0.05, 0) is 101 Å². The van der Waals surface area contributed by atoms with Crippen LogP contribution in [0.15, 0.2) is 24.3 Å². The van der Waals surface area contributed by atoms with Crippen LogP contribution in [0.1, 0.15) is 89.0 Å². The Morgan fingerprint density at radius 1 is 1.11 bits per heavy atom. The summed E-state index contributed by atoms with van der Waals surface area (Å²) in [5, 5.41) is 7.61. The van der Waals surface area contributed by atoms with Gasteiger partial charge >= 0.3 is 6.09 Å². The zero-order valence-electron chi connectivity index (χ0n) is 26.5. The first-order valence-electron chi connectivity index (χ1n) is 17.1. The number of hydrogen-bond donors (Lipinski definition) is 5. The summed E-state index contributed by atoms with van der Waals surface area (Å²) in [5.41, 5.74) is 7.54. The molecular formula is C33H52ClN5O5S. The molecule has 1 aromatic carbocycles. The van der Waals surface area contributed by atoms with Gasteiger partial charge in [-0.3, -0.25) is 13.9 Å². The lowest BCUT2D eigenvalue weighted by molar-refractivity contribution is -0.124. The maximum atomic E-state index is 13.8. The van der Waals surface area contributed by atoms with Gasteiger partial charge in [0.25, 0.3) is 0 Å². The van der Waals surface area contributed by atoms with Crippen molar-refractivity contribution >= 4 is 34.4 Å². The van der Waals surface area contributed by atoms with E-state index in [9.17, 15) is 18.7 Å². The van der Waals surface area contributed by atoms with Crippen LogP contribution < -0.4 is 16.4 Å². The quantitative estimate of drug-likeness (QED) is 0.239. The molecule has 10 nitrogen and oxygen atoms in total. The van der Waals surface area contributed by atoms with Gasteiger partial charge < -0.3 is 26.0 Å². The van der Waals surface area contributed by atoms with Crippen LogP contribution in [0.2, 0.25) is 5.02 Å². The molecule has 2 amide bonds. The van der Waals surface area contributed by atoms with E-state index in [1.807, 2.05) is 35.5 Å². The largest absolute Gasteiger partial charge is 0.443 e. The minimum absolute atomic E-state index is 0.0589. The number of hydrogen-bond acceptors (Lipinski definition) is 8. The highest BCUT2D eigenvalue weighted by atomic mass is 35.5. The molecule has 2 aliphatic carbocycles. The third-order valence-electron chi connectivity index (χ3n) is 11.2. The molecule has 5 aliphatic rings. The molecule has 252 valence electrons. The second kappa shape index (κ2) is 13.9. The summed E-state index contributed by atoms with van der Waals surface area (Å²) in [7, 11) is -2.72. The van der Waals surface area contributed by atoms with Gasteiger partial charge in [-0.1, -0.05) is 30.2 Å². The summed E-state index contributed by atoms with van der Waals surface area (Å²) in [4.78, 5) is 28.4. The number of carbonyl (C=O) groups excluding carboxylic acids is 2. The summed E-state index contributed by atoms with van der Waals surface area (Å²) >= 11 is 6.22. The number of fused-ring (bicyclic) bond motifs is 2. The predicted molar refractivity (Wildman–Crippen MR) is 178 cm³/mol. The number of nitrogens with one attached hydrogen (secondary N) is 2. The van der Waals surface area contributed by atoms with E-state index in [1.54, 1.807) is 4.90 Å². The SMILES string of the molecule is CC1(OC(=O)N2CCC([C@H](c3ccc(Cl)cc3)[C@H](N)C(=O)N[C@H]3CCC[C@@H]3CC[C@H]3CN[C@@H]4CCCS(O)(O)N3C4)CC2)CC1. The highest BCUT2D eigenvalue weighted by Gasteiger charge is 2.44. The molecule has 45 heavy (non-hydrogen) atoms. The monoisotopic (exact) mass is 665 g/mol. The van der Waals surface area contributed by atoms with Crippen LogP contribution in [0, 0.1) is 11.8 Å². The number of piperidine rings is 1. The number of nitrogens with zero attached hydrogens (tertiary/aromatic N) is 2. The normalized spacial score (nSPS) is 33.0. The van der Waals surface area contributed by atoms with Crippen molar-refractivity contribution in [2.24, 2.45) is 17.6 Å². The van der Waals surface area contributed by atoms with Crippen molar-refractivity contribution < 1.29 is 23.4 Å². The lowest BCUT2D eigenvalue weighted by Gasteiger charge is -2.49. The van der Waals surface area contributed by atoms with E-state index >= 15 is 0 Å². The Balaban J connectivity index is 1.07. The van der Waals surface area contributed by atoms with E-state index in [0.717, 1.165) is 82.7 Å². The number of benzene rings is 1. The van der Waals surface area contributed by atoms with E-state index in [2.05, 4.69) is 10.6 Å². The number of rotatable bonds is 9. The molecule has 3 heterocycles. The molecule has 5 fully saturated rings. The second-order valence-electron chi connectivity index (χ2n) is 14.5. The number of likely N-dealkylation sites (tertiary alicyclic amines) is 1. The highest BCUT2D eigenvalue weighted by molar-refractivity contribution is 8.22. The van der Waals surface area contributed by atoms with Crippen molar-refractivity contribution in [2.45, 2.75) is 113 Å². The molecule has 12 heteroatoms. The number of nitrogens with two attached hydrogens (primary N) is 1. The van der Waals surface area contributed by atoms with Crippen molar-refractivity contribution in [3.63, 3.8) is 0 Å². The molecule has 3 aliphatic heterocycles. The van der Waals surface area contributed by atoms with Crippen LogP contribution in [0.25, 0.3) is 0 Å². The number of carbonyl (C=O) groups is 2. The number of ether oxygens (including phenoxy) is 1. The van der Waals surface area contributed by atoms with Gasteiger partial charge in [0, 0.05) is 55.2 Å². The van der Waals surface area contributed by atoms with E-state index in [0.29, 0.717) is 42.4 Å². The maximum Gasteiger partial charge on any atom is 0.410 e. The van der Waals surface area contributed by atoms with Gasteiger partial charge in [0.15, 0.2) is 0 Å². The molecule has 1 aromatic rings. The zero-order valence-corrected chi connectivity index (χ0v) is 28.1. The van der Waals surface area contributed by atoms with E-state index in [4.69, 9.17) is 22.1 Å². The first-order valence-corrected chi connectivity index (χ1v) is 19.1. The highest BCUT2D eigenvalue weighted by Crippen LogP contribution is 2.49. The third-order valence-corrected chi connectivity index (χ3v) is 13.5. The first-order chi connectivity index (χ1) is 21.5. The Hall–Kier alpha value is -1.60. The Morgan fingerprint density at radius 2 is 1.84 bits per heavy atom. The third kappa shape index (κ3) is 7.93. The van der Waals surface area contributed by atoms with Crippen LogP contribution in [-0.2, 0) is 9.53 Å². The van der Waals surface area contributed by atoms with Gasteiger partial charge in [0.05, 0.1) is 11.8 Å². The smallest absolute Gasteiger partial charge is 0.410 e. The lowest BCUT2D eigenvalue weighted by atomic mass is 9.75. The Morgan fingerprint density at radius 3 is 2.56 bits per heavy atom. The minimum atomic E-state index is -2.72. The summed E-state index contributed by atoms with van der Waals surface area (Å²) in [6, 6.07) is 7.41. The number of amides is 2. The molecule has 6 N–H and O–H groups in total. The zero-order chi connectivity index (χ0) is 31.8. The molecular weight excluding hydrogens is 614 g/mol. The molecule has 0 spiro atoms. The van der Waals surface area contributed by atoms with Crippen LogP contribution in [-0.4, -0.2) is 92.0 Å². The van der Waals surface area contributed by atoms with Gasteiger partial charge in [-0.2, -0.15) is 0 Å². The molecule has 2 bridgehead atoms. The molecule has 0 radical (unpaired) electrons. The molecule has 2 saturated carbocycles. The van der Waals surface area contributed by atoms with E-state index in [1.165, 1.54) is 0 Å². The minimum Gasteiger partial charge on any atom is -0.443 e. The van der Waals surface area contributed by atoms with Crippen molar-refractivity contribution in [1.82, 2.24) is 19.8 Å². The Kier molecular flexibility index (Phi) is 10.3. The summed E-state index contributed by atoms with van der Waals surface area (Å²) in [5.74, 6) is 0.612. The van der Waals surface area contributed by atoms with Crippen LogP contribution in [0.5, 0.6) is 0 Å². The molecule has 0 aromatic heterocycles. The topological polar surface area (TPSA) is 140 Å². The van der Waals surface area contributed by atoms with Crippen LogP contribution in [0.4, 0.5) is 4.79 Å². The van der Waals surface area contributed by atoms with Gasteiger partial charge in [0.2, 0.25) is 5.91 Å². The Bertz CT molecular complexity index is 1190. The molecule has 3 saturated heterocycles. The summed E-state index contributed by atoms with van der Waals surface area (Å²) in [6.07, 6.45) is 9.75. The summed E-state index contributed by atoms with van der Waals surface area (Å²) in [6.45, 7) is 4.61. The predicted octanol–water partition coefficient (Wildman–Crippen LogP) is 5.32. The average molecular weight is 666 g/mol. The fourth-order valence-electron chi connectivity index (χ4n) is 8.15. The fourth-order valence-corrected chi connectivity index (χ4v) is 10.1. The molecule has 7 atom stereocenters. The van der Waals surface area contributed by atoms with Crippen molar-refractivity contribution in [1.29, 1.82) is 0 Å². The summed E-state index contributed by atoms with van der Waals surface area (Å²) < 4.78 is 29.4. The van der Waals surface area contributed by atoms with Crippen molar-refractivity contribution in [2.75, 3.05) is 31.9 Å². The number of piperazine rings is 1. The number of halogens is 1. The first kappa shape index (κ1) is 33.3. The molecule has 6 rings (SSSR count). The maximum absolute atomic E-state index is 13.8. The Labute approximate surface area is 274 Å². The average Bonchev–Trinajstić information content (AvgIpc) is 3.61. The van der Waals surface area contributed by atoms with Crippen molar-refractivity contribution in [3.05, 3.63) is 34.9 Å². The molecule has 1 unspecified atom stereocenters. The van der Waals surface area contributed by atoms with E-state index < -0.39 is 16.8 Å². The van der Waals surface area contributed by atoms with Gasteiger partial charge in [0.1, 0.15) is 5.60 Å². The standard InChI is InChI=1S/C33H52ClN5O5S/c1-33(15-16-33)44-32(41)38-17-13-24(14-18-38)29(23-7-10-25(34)11-8-23)30(35)31(40)37-28-6-2-4-22(28)9-12-27-20-36-26-5-3-19-45(42,43)39(27)21-26/h7-8,10-11,22,24,26-30,36,42-43H,2-6,9,12-21,35H2,1H3,(H,37,40)/t22-,26-,27+,28+,29+,30+/m1/s1. The lowest BCUT2D eigenvalue weighted by Crippen LogP contribution is -2.56. The second-order valence-corrected chi connectivity index (χ2v) is 17.0. The van der Waals surface area contributed by atoms with Gasteiger partial charge in [-0.25, -0.2) is 9.10 Å². The van der Waals surface area contributed by atoms with E-state index in [-0.39, 0.29) is 41.5 Å². The van der Waals surface area contributed by atoms with Crippen LogP contribution >= 0.6 is 22.4 Å². The van der Waals surface area contributed by atoms with Crippen LogP contribution in [0.3, 0.4) is 0 Å². The van der Waals surface area contributed by atoms with Gasteiger partial charge in [-0.15, -0.1) is 10.8 Å². The fraction of sp³-hybridized carbons (Fsp3) is 0.758.